The Hall–Kier alpha value is -3.30. The van der Waals surface area contributed by atoms with Gasteiger partial charge >= 0.3 is 0 Å². The number of sulfonamides is 1. The van der Waals surface area contributed by atoms with Gasteiger partial charge in [-0.3, -0.25) is 4.79 Å². The summed E-state index contributed by atoms with van der Waals surface area (Å²) >= 11 is 0. The molecule has 1 saturated heterocycles. The molecule has 1 aromatic heterocycles. The van der Waals surface area contributed by atoms with E-state index in [2.05, 4.69) is 22.6 Å². The molecule has 1 fully saturated rings. The zero-order chi connectivity index (χ0) is 26.9. The number of hydrogen-bond acceptors (Lipinski definition) is 5. The highest BCUT2D eigenvalue weighted by Crippen LogP contribution is 2.30. The number of nitrogens with one attached hydrogen (secondary N) is 1. The predicted octanol–water partition coefficient (Wildman–Crippen LogP) is 5.57. The van der Waals surface area contributed by atoms with E-state index in [0.717, 1.165) is 22.3 Å². The van der Waals surface area contributed by atoms with E-state index in [9.17, 15) is 17.6 Å². The second-order valence-corrected chi connectivity index (χ2v) is 11.6. The first-order valence-electron chi connectivity index (χ1n) is 12.3. The minimum atomic E-state index is -3.98. The summed E-state index contributed by atoms with van der Waals surface area (Å²) in [7, 11) is -3.98. The molecule has 1 N–H and O–H groups in total. The number of aryl methyl sites for hydroxylation is 5. The van der Waals surface area contributed by atoms with Crippen molar-refractivity contribution in [3.8, 4) is 0 Å². The summed E-state index contributed by atoms with van der Waals surface area (Å²) < 4.78 is 48.0. The first-order chi connectivity index (χ1) is 17.5. The second kappa shape index (κ2) is 10.6. The molecule has 1 amide bonds. The van der Waals surface area contributed by atoms with Crippen LogP contribution < -0.4 is 5.32 Å². The van der Waals surface area contributed by atoms with Gasteiger partial charge in [-0.25, -0.2) is 12.8 Å². The van der Waals surface area contributed by atoms with Crippen molar-refractivity contribution in [3.05, 3.63) is 75.4 Å². The summed E-state index contributed by atoms with van der Waals surface area (Å²) in [5, 5.41) is 6.65. The minimum Gasteiger partial charge on any atom is -0.355 e. The number of benzene rings is 2. The average Bonchev–Trinajstić information content (AvgIpc) is 3.22. The number of anilines is 1. The van der Waals surface area contributed by atoms with Crippen molar-refractivity contribution >= 4 is 33.8 Å². The summed E-state index contributed by atoms with van der Waals surface area (Å²) in [5.41, 5.74) is 5.39. The van der Waals surface area contributed by atoms with Crippen molar-refractivity contribution in [3.63, 3.8) is 0 Å². The Labute approximate surface area is 217 Å². The van der Waals surface area contributed by atoms with Crippen LogP contribution in [0.5, 0.6) is 0 Å². The van der Waals surface area contributed by atoms with E-state index in [1.165, 1.54) is 10.4 Å². The fourth-order valence-electron chi connectivity index (χ4n) is 4.83. The molecule has 2 aromatic carbocycles. The Kier molecular flexibility index (Phi) is 7.66. The number of amides is 1. The number of halogens is 1. The predicted molar refractivity (Wildman–Crippen MR) is 142 cm³/mol. The maximum absolute atomic E-state index is 13.9. The highest BCUT2D eigenvalue weighted by atomic mass is 32.2. The third-order valence-corrected chi connectivity index (χ3v) is 8.79. The van der Waals surface area contributed by atoms with Gasteiger partial charge in [0.05, 0.1) is 5.92 Å². The van der Waals surface area contributed by atoms with Crippen LogP contribution in [-0.4, -0.2) is 36.9 Å². The monoisotopic (exact) mass is 525 g/mol. The van der Waals surface area contributed by atoms with Crippen LogP contribution in [0.1, 0.15) is 52.1 Å². The molecule has 2 heterocycles. The molecular weight excluding hydrogens is 493 g/mol. The standard InChI is InChI=1S/C28H32FN3O4S/c1-17-13-19(3)24(20(4)14-17)10-11-26-27(21(5)31-36-26)37(34,35)32-12-6-7-22(16-32)28(33)30-23-9-8-18(2)25(29)15-23/h8-11,13-15,22H,6-7,12,16H2,1-5H3,(H,30,33)/b11-10+. The van der Waals surface area contributed by atoms with Gasteiger partial charge in [-0.1, -0.05) is 35.0 Å². The molecule has 9 heteroatoms. The van der Waals surface area contributed by atoms with Gasteiger partial charge < -0.3 is 9.84 Å². The summed E-state index contributed by atoms with van der Waals surface area (Å²) in [5.74, 6) is -1.16. The van der Waals surface area contributed by atoms with E-state index in [4.69, 9.17) is 4.52 Å². The molecule has 0 spiro atoms. The number of carbonyl (C=O) groups is 1. The summed E-state index contributed by atoms with van der Waals surface area (Å²) in [6.07, 6.45) is 4.54. The number of piperidine rings is 1. The smallest absolute Gasteiger partial charge is 0.248 e. The topological polar surface area (TPSA) is 92.5 Å². The van der Waals surface area contributed by atoms with Gasteiger partial charge in [0.2, 0.25) is 15.9 Å². The molecule has 4 rings (SSSR count). The highest BCUT2D eigenvalue weighted by Gasteiger charge is 2.37. The van der Waals surface area contributed by atoms with Crippen molar-refractivity contribution in [2.75, 3.05) is 18.4 Å². The lowest BCUT2D eigenvalue weighted by atomic mass is 9.98. The Morgan fingerprint density at radius 3 is 2.46 bits per heavy atom. The van der Waals surface area contributed by atoms with Crippen molar-refractivity contribution in [1.82, 2.24) is 9.46 Å². The Morgan fingerprint density at radius 2 is 1.78 bits per heavy atom. The lowest BCUT2D eigenvalue weighted by Gasteiger charge is -2.31. The number of rotatable bonds is 6. The molecule has 7 nitrogen and oxygen atoms in total. The molecule has 196 valence electrons. The lowest BCUT2D eigenvalue weighted by Crippen LogP contribution is -2.43. The molecular formula is C28H32FN3O4S. The highest BCUT2D eigenvalue weighted by molar-refractivity contribution is 7.89. The van der Waals surface area contributed by atoms with Gasteiger partial charge in [-0.2, -0.15) is 4.31 Å². The van der Waals surface area contributed by atoms with Gasteiger partial charge in [0.15, 0.2) is 10.7 Å². The van der Waals surface area contributed by atoms with Crippen molar-refractivity contribution in [2.24, 2.45) is 5.92 Å². The minimum absolute atomic E-state index is 0.00725. The average molecular weight is 526 g/mol. The number of carbonyl (C=O) groups excluding carboxylic acids is 1. The number of hydrogen-bond donors (Lipinski definition) is 1. The SMILES string of the molecule is Cc1cc(C)c(/C=C/c2onc(C)c2S(=O)(=O)N2CCCC(C(=O)Nc3ccc(C)c(F)c3)C2)c(C)c1. The van der Waals surface area contributed by atoms with Crippen LogP contribution in [0.4, 0.5) is 10.1 Å². The number of nitrogens with zero attached hydrogens (tertiary/aromatic N) is 2. The van der Waals surface area contributed by atoms with Crippen LogP contribution in [-0.2, 0) is 14.8 Å². The normalized spacial score (nSPS) is 16.9. The molecule has 1 atom stereocenters. The van der Waals surface area contributed by atoms with Crippen LogP contribution in [0.15, 0.2) is 39.8 Å². The summed E-state index contributed by atoms with van der Waals surface area (Å²) in [4.78, 5) is 12.9. The molecule has 0 bridgehead atoms. The maximum Gasteiger partial charge on any atom is 0.248 e. The van der Waals surface area contributed by atoms with Gasteiger partial charge in [-0.15, -0.1) is 0 Å². The Morgan fingerprint density at radius 1 is 1.08 bits per heavy atom. The van der Waals surface area contributed by atoms with Crippen molar-refractivity contribution in [1.29, 1.82) is 0 Å². The van der Waals surface area contributed by atoms with E-state index in [-0.39, 0.29) is 35.3 Å². The first kappa shape index (κ1) is 26.8. The zero-order valence-electron chi connectivity index (χ0n) is 21.8. The van der Waals surface area contributed by atoms with Crippen LogP contribution >= 0.6 is 0 Å². The number of aromatic nitrogens is 1. The van der Waals surface area contributed by atoms with Crippen molar-refractivity contribution in [2.45, 2.75) is 52.4 Å². The Bertz CT molecular complexity index is 1450. The van der Waals surface area contributed by atoms with E-state index in [1.54, 1.807) is 32.1 Å². The fourth-order valence-corrected chi connectivity index (χ4v) is 6.60. The Balaban J connectivity index is 1.56. The third-order valence-electron chi connectivity index (χ3n) is 6.76. The molecule has 1 aliphatic heterocycles. The van der Waals surface area contributed by atoms with Crippen molar-refractivity contribution < 1.29 is 22.1 Å². The van der Waals surface area contributed by atoms with E-state index in [1.807, 2.05) is 26.8 Å². The second-order valence-electron chi connectivity index (χ2n) is 9.76. The van der Waals surface area contributed by atoms with Gasteiger partial charge in [0.25, 0.3) is 0 Å². The third kappa shape index (κ3) is 5.67. The maximum atomic E-state index is 13.9. The zero-order valence-corrected chi connectivity index (χ0v) is 22.6. The molecule has 1 aliphatic rings. The molecule has 0 radical (unpaired) electrons. The lowest BCUT2D eigenvalue weighted by molar-refractivity contribution is -0.120. The van der Waals surface area contributed by atoms with Gasteiger partial charge in [0.1, 0.15) is 11.5 Å². The van der Waals surface area contributed by atoms with Crippen LogP contribution in [0.2, 0.25) is 0 Å². The molecule has 0 saturated carbocycles. The van der Waals surface area contributed by atoms with Gasteiger partial charge in [0, 0.05) is 18.8 Å². The molecule has 37 heavy (non-hydrogen) atoms. The van der Waals surface area contributed by atoms with E-state index < -0.39 is 21.8 Å². The van der Waals surface area contributed by atoms with Crippen LogP contribution in [0, 0.1) is 46.4 Å². The van der Waals surface area contributed by atoms with Crippen LogP contribution in [0.3, 0.4) is 0 Å². The van der Waals surface area contributed by atoms with E-state index >= 15 is 0 Å². The fraction of sp³-hybridized carbons (Fsp3) is 0.357. The summed E-state index contributed by atoms with van der Waals surface area (Å²) in [6.45, 7) is 9.59. The largest absolute Gasteiger partial charge is 0.355 e. The van der Waals surface area contributed by atoms with E-state index in [0.29, 0.717) is 24.1 Å². The first-order valence-corrected chi connectivity index (χ1v) is 13.7. The van der Waals surface area contributed by atoms with Gasteiger partial charge in [-0.05, 0) is 87.9 Å². The molecule has 3 aromatic rings. The quantitative estimate of drug-likeness (QED) is 0.455. The summed E-state index contributed by atoms with van der Waals surface area (Å²) in [6, 6.07) is 8.62. The van der Waals surface area contributed by atoms with Crippen LogP contribution in [0.25, 0.3) is 12.2 Å². The molecule has 0 aliphatic carbocycles. The molecule has 1 unspecified atom stereocenters.